The lowest BCUT2D eigenvalue weighted by Crippen LogP contribution is -1.79. The van der Waals surface area contributed by atoms with Crippen LogP contribution in [0, 0.1) is 22.7 Å². The molecule has 0 aliphatic rings. The highest BCUT2D eigenvalue weighted by atomic mass is 14.2. The molecular weight excluding hydrogens is 160 g/mol. The van der Waals surface area contributed by atoms with Gasteiger partial charge in [0.1, 0.15) is 0 Å². The van der Waals surface area contributed by atoms with E-state index >= 15 is 0 Å². The zero-order valence-corrected chi connectivity index (χ0v) is 7.28. The van der Waals surface area contributed by atoms with Crippen LogP contribution in [0.15, 0.2) is 30.3 Å². The van der Waals surface area contributed by atoms with E-state index in [1.165, 1.54) is 6.08 Å². The summed E-state index contributed by atoms with van der Waals surface area (Å²) in [5.74, 6) is 0. The molecule has 0 heterocycles. The molecule has 0 N–H and O–H groups in total. The largest absolute Gasteiger partial charge is 0.193 e. The average molecular weight is 168 g/mol. The quantitative estimate of drug-likeness (QED) is 0.605. The minimum absolute atomic E-state index is 0.633. The van der Waals surface area contributed by atoms with E-state index in [0.29, 0.717) is 5.56 Å². The highest BCUT2D eigenvalue weighted by Gasteiger charge is 1.94. The van der Waals surface area contributed by atoms with Crippen molar-refractivity contribution in [1.82, 2.24) is 0 Å². The lowest BCUT2D eigenvalue weighted by atomic mass is 10.1. The Morgan fingerprint density at radius 2 is 1.85 bits per heavy atom. The Kier molecular flexibility index (Phi) is 2.84. The van der Waals surface area contributed by atoms with Crippen molar-refractivity contribution in [2.24, 2.45) is 0 Å². The molecular formula is C11H8N2. The fourth-order valence-electron chi connectivity index (χ4n) is 0.988. The van der Waals surface area contributed by atoms with E-state index in [1.807, 2.05) is 31.2 Å². The molecule has 0 bridgehead atoms. The third kappa shape index (κ3) is 2.18. The van der Waals surface area contributed by atoms with Gasteiger partial charge in [-0.05, 0) is 30.2 Å². The number of hydrogen-bond acceptors (Lipinski definition) is 2. The molecule has 0 fully saturated rings. The van der Waals surface area contributed by atoms with E-state index < -0.39 is 0 Å². The maximum Gasteiger partial charge on any atom is 0.0991 e. The molecule has 0 amide bonds. The van der Waals surface area contributed by atoms with Gasteiger partial charge in [-0.25, -0.2) is 0 Å². The fraction of sp³-hybridized carbons (Fsp3) is 0.0909. The summed E-state index contributed by atoms with van der Waals surface area (Å²) in [6, 6.07) is 11.2. The van der Waals surface area contributed by atoms with Gasteiger partial charge < -0.3 is 0 Å². The summed E-state index contributed by atoms with van der Waals surface area (Å²) in [6.07, 6.45) is 1.49. The second kappa shape index (κ2) is 4.09. The number of allylic oxidation sites excluding steroid dienone is 2. The summed E-state index contributed by atoms with van der Waals surface area (Å²) in [4.78, 5) is 0. The number of rotatable bonds is 1. The normalized spacial score (nSPS) is 10.2. The zero-order chi connectivity index (χ0) is 9.68. The first-order chi connectivity index (χ1) is 6.27. The Hall–Kier alpha value is -2.06. The second-order valence-electron chi connectivity index (χ2n) is 2.65. The van der Waals surface area contributed by atoms with Crippen molar-refractivity contribution in [3.05, 3.63) is 41.5 Å². The van der Waals surface area contributed by atoms with Gasteiger partial charge in [0.15, 0.2) is 0 Å². The third-order valence-electron chi connectivity index (χ3n) is 1.75. The summed E-state index contributed by atoms with van der Waals surface area (Å²) < 4.78 is 0. The van der Waals surface area contributed by atoms with Crippen molar-refractivity contribution in [2.45, 2.75) is 6.92 Å². The molecule has 1 aromatic rings. The van der Waals surface area contributed by atoms with Crippen molar-refractivity contribution in [3.63, 3.8) is 0 Å². The Morgan fingerprint density at radius 1 is 1.23 bits per heavy atom. The maximum atomic E-state index is 8.55. The number of benzene rings is 1. The van der Waals surface area contributed by atoms with E-state index in [-0.39, 0.29) is 0 Å². The maximum absolute atomic E-state index is 8.55. The van der Waals surface area contributed by atoms with E-state index in [4.69, 9.17) is 10.5 Å². The number of nitriles is 2. The van der Waals surface area contributed by atoms with Crippen LogP contribution in [0.1, 0.15) is 18.1 Å². The van der Waals surface area contributed by atoms with Crippen LogP contribution in [0.2, 0.25) is 0 Å². The van der Waals surface area contributed by atoms with Gasteiger partial charge in [0.2, 0.25) is 0 Å². The van der Waals surface area contributed by atoms with Crippen molar-refractivity contribution in [1.29, 1.82) is 10.5 Å². The second-order valence-corrected chi connectivity index (χ2v) is 2.65. The molecule has 2 nitrogen and oxygen atoms in total. The molecule has 1 rings (SSSR count). The highest BCUT2D eigenvalue weighted by molar-refractivity contribution is 5.66. The lowest BCUT2D eigenvalue weighted by Gasteiger charge is -1.98. The Balaban J connectivity index is 3.02. The monoisotopic (exact) mass is 168 g/mol. The van der Waals surface area contributed by atoms with Gasteiger partial charge in [-0.15, -0.1) is 0 Å². The molecule has 0 unspecified atom stereocenters. The van der Waals surface area contributed by atoms with Crippen molar-refractivity contribution < 1.29 is 0 Å². The molecule has 62 valence electrons. The molecule has 0 radical (unpaired) electrons. The Bertz CT molecular complexity index is 399. The van der Waals surface area contributed by atoms with Gasteiger partial charge in [0.05, 0.1) is 17.7 Å². The zero-order valence-electron chi connectivity index (χ0n) is 7.28. The van der Waals surface area contributed by atoms with Gasteiger partial charge in [0.25, 0.3) is 0 Å². The van der Waals surface area contributed by atoms with Gasteiger partial charge in [-0.2, -0.15) is 10.5 Å². The fourth-order valence-corrected chi connectivity index (χ4v) is 0.988. The van der Waals surface area contributed by atoms with Crippen LogP contribution in [-0.4, -0.2) is 0 Å². The van der Waals surface area contributed by atoms with Crippen LogP contribution >= 0.6 is 0 Å². The predicted octanol–water partition coefficient (Wildman–Crippen LogP) is 2.49. The average Bonchev–Trinajstić information content (AvgIpc) is 2.18. The van der Waals surface area contributed by atoms with Gasteiger partial charge >= 0.3 is 0 Å². The van der Waals surface area contributed by atoms with E-state index in [2.05, 4.69) is 0 Å². The van der Waals surface area contributed by atoms with Crippen LogP contribution in [0.4, 0.5) is 0 Å². The first kappa shape index (κ1) is 9.03. The minimum Gasteiger partial charge on any atom is -0.193 e. The van der Waals surface area contributed by atoms with Crippen LogP contribution in [0.25, 0.3) is 5.57 Å². The van der Waals surface area contributed by atoms with Gasteiger partial charge in [-0.3, -0.25) is 0 Å². The van der Waals surface area contributed by atoms with Crippen LogP contribution in [-0.2, 0) is 0 Å². The summed E-state index contributed by atoms with van der Waals surface area (Å²) in [5, 5.41) is 17.0. The summed E-state index contributed by atoms with van der Waals surface area (Å²) in [7, 11) is 0. The van der Waals surface area contributed by atoms with E-state index in [1.54, 1.807) is 12.1 Å². The summed E-state index contributed by atoms with van der Waals surface area (Å²) in [6.45, 7) is 1.87. The lowest BCUT2D eigenvalue weighted by molar-refractivity contribution is 1.47. The van der Waals surface area contributed by atoms with Crippen LogP contribution in [0.5, 0.6) is 0 Å². The first-order valence-corrected chi connectivity index (χ1v) is 3.85. The van der Waals surface area contributed by atoms with E-state index in [0.717, 1.165) is 11.1 Å². The minimum atomic E-state index is 0.633. The molecule has 0 aliphatic carbocycles. The standard InChI is InChI=1S/C11H8N2/c1-9(6-7-12)11-4-2-10(8-13)3-5-11/h2-6H,1H3/b9-6-. The molecule has 0 saturated heterocycles. The molecule has 2 heteroatoms. The third-order valence-corrected chi connectivity index (χ3v) is 1.75. The highest BCUT2D eigenvalue weighted by Crippen LogP contribution is 2.13. The molecule has 13 heavy (non-hydrogen) atoms. The molecule has 0 spiro atoms. The van der Waals surface area contributed by atoms with Gasteiger partial charge in [0, 0.05) is 6.08 Å². The molecule has 0 aliphatic heterocycles. The van der Waals surface area contributed by atoms with Crippen molar-refractivity contribution in [3.8, 4) is 12.1 Å². The smallest absolute Gasteiger partial charge is 0.0991 e. The topological polar surface area (TPSA) is 47.6 Å². The summed E-state index contributed by atoms with van der Waals surface area (Å²) >= 11 is 0. The van der Waals surface area contributed by atoms with Crippen LogP contribution in [0.3, 0.4) is 0 Å². The SMILES string of the molecule is C/C(=C/C#N)c1ccc(C#N)cc1. The molecule has 0 atom stereocenters. The summed E-state index contributed by atoms with van der Waals surface area (Å²) in [5.41, 5.74) is 2.51. The Labute approximate surface area is 77.4 Å². The predicted molar refractivity (Wildman–Crippen MR) is 50.4 cm³/mol. The Morgan fingerprint density at radius 3 is 2.31 bits per heavy atom. The van der Waals surface area contributed by atoms with Crippen LogP contribution < -0.4 is 0 Å². The van der Waals surface area contributed by atoms with Gasteiger partial charge in [-0.1, -0.05) is 12.1 Å². The number of hydrogen-bond donors (Lipinski definition) is 0. The molecule has 1 aromatic carbocycles. The van der Waals surface area contributed by atoms with Crippen molar-refractivity contribution in [2.75, 3.05) is 0 Å². The van der Waals surface area contributed by atoms with Crippen molar-refractivity contribution >= 4 is 5.57 Å². The molecule has 0 aromatic heterocycles. The number of nitrogens with zero attached hydrogens (tertiary/aromatic N) is 2. The first-order valence-electron chi connectivity index (χ1n) is 3.85. The molecule has 0 saturated carbocycles. The van der Waals surface area contributed by atoms with E-state index in [9.17, 15) is 0 Å².